The molecule has 4 aromatic rings. The van der Waals surface area contributed by atoms with E-state index in [2.05, 4.69) is 13.0 Å². The van der Waals surface area contributed by atoms with Crippen molar-refractivity contribution in [1.29, 1.82) is 0 Å². The van der Waals surface area contributed by atoms with E-state index in [0.29, 0.717) is 23.3 Å². The molecule has 0 atom stereocenters. The molecule has 0 saturated heterocycles. The van der Waals surface area contributed by atoms with Crippen molar-refractivity contribution in [3.63, 3.8) is 0 Å². The summed E-state index contributed by atoms with van der Waals surface area (Å²) in [5.74, 6) is -0.265. The van der Waals surface area contributed by atoms with Gasteiger partial charge in [-0.05, 0) is 89.9 Å². The zero-order valence-corrected chi connectivity index (χ0v) is 21.2. The highest BCUT2D eigenvalue weighted by Crippen LogP contribution is 2.25. The number of rotatable bonds is 11. The Kier molecular flexibility index (Phi) is 8.93. The van der Waals surface area contributed by atoms with E-state index in [9.17, 15) is 4.39 Å². The second-order valence-electron chi connectivity index (χ2n) is 9.46. The lowest BCUT2D eigenvalue weighted by molar-refractivity contribution is 0.603. The average Bonchev–Trinajstić information content (AvgIpc) is 2.87. The largest absolute Gasteiger partial charge is 0.207 e. The normalized spacial score (nSPS) is 11.3. The molecular weight excluding hydrogens is 458 g/mol. The van der Waals surface area contributed by atoms with Gasteiger partial charge in [-0.1, -0.05) is 92.4 Å². The Morgan fingerprint density at radius 2 is 1.26 bits per heavy atom. The molecule has 4 rings (SSSR count). The van der Waals surface area contributed by atoms with Crippen molar-refractivity contribution in [2.75, 3.05) is 0 Å². The van der Waals surface area contributed by atoms with Gasteiger partial charge in [0.15, 0.2) is 0 Å². The Morgan fingerprint density at radius 1 is 0.600 bits per heavy atom. The van der Waals surface area contributed by atoms with Gasteiger partial charge in [0.2, 0.25) is 0 Å². The maximum atomic E-state index is 15.2. The van der Waals surface area contributed by atoms with Gasteiger partial charge in [-0.25, -0.2) is 8.78 Å². The lowest BCUT2D eigenvalue weighted by Gasteiger charge is -2.10. The van der Waals surface area contributed by atoms with E-state index in [1.807, 2.05) is 60.7 Å². The van der Waals surface area contributed by atoms with Crippen LogP contribution in [0.2, 0.25) is 5.02 Å². The first-order valence-corrected chi connectivity index (χ1v) is 13.1. The highest BCUT2D eigenvalue weighted by molar-refractivity contribution is 6.30. The summed E-state index contributed by atoms with van der Waals surface area (Å²) < 4.78 is 29.8. The maximum absolute atomic E-state index is 15.2. The van der Waals surface area contributed by atoms with Crippen LogP contribution in [0.4, 0.5) is 8.78 Å². The van der Waals surface area contributed by atoms with Crippen molar-refractivity contribution in [3.05, 3.63) is 117 Å². The van der Waals surface area contributed by atoms with Crippen molar-refractivity contribution in [2.24, 2.45) is 0 Å². The molecule has 0 spiro atoms. The predicted octanol–water partition coefficient (Wildman–Crippen LogP) is 9.46. The van der Waals surface area contributed by atoms with Gasteiger partial charge >= 0.3 is 0 Å². The molecule has 3 heteroatoms. The quantitative estimate of drug-likeness (QED) is 0.184. The van der Waals surface area contributed by atoms with Crippen LogP contribution in [-0.4, -0.2) is 0 Å². The first-order chi connectivity index (χ1) is 17.0. The first-order valence-electron chi connectivity index (χ1n) is 12.7. The Bertz CT molecular complexity index is 1260. The van der Waals surface area contributed by atoms with E-state index in [1.54, 1.807) is 6.07 Å². The molecule has 0 aliphatic heterocycles. The highest BCUT2D eigenvalue weighted by atomic mass is 35.5. The number of unbranched alkanes of at least 4 members (excludes halogenated alkanes) is 3. The van der Waals surface area contributed by atoms with Crippen LogP contribution >= 0.6 is 11.6 Å². The fraction of sp³-hybridized carbons (Fsp3) is 0.312. The fourth-order valence-electron chi connectivity index (χ4n) is 4.65. The van der Waals surface area contributed by atoms with Crippen LogP contribution in [0.15, 0.2) is 72.8 Å². The van der Waals surface area contributed by atoms with Gasteiger partial charge in [-0.15, -0.1) is 0 Å². The van der Waals surface area contributed by atoms with Crippen molar-refractivity contribution in [1.82, 2.24) is 0 Å². The van der Waals surface area contributed by atoms with E-state index in [0.717, 1.165) is 58.9 Å². The molecule has 0 nitrogen and oxygen atoms in total. The summed E-state index contributed by atoms with van der Waals surface area (Å²) in [5.41, 5.74) is 4.77. The predicted molar refractivity (Wildman–Crippen MR) is 144 cm³/mol. The highest BCUT2D eigenvalue weighted by Gasteiger charge is 2.10. The van der Waals surface area contributed by atoms with Gasteiger partial charge in [0.25, 0.3) is 0 Å². The molecule has 0 aliphatic rings. The molecule has 0 saturated carbocycles. The number of benzene rings is 4. The molecule has 0 aliphatic carbocycles. The fourth-order valence-corrected chi connectivity index (χ4v) is 4.78. The van der Waals surface area contributed by atoms with Gasteiger partial charge in [0, 0.05) is 10.4 Å². The van der Waals surface area contributed by atoms with Crippen LogP contribution < -0.4 is 0 Å². The van der Waals surface area contributed by atoms with Crippen LogP contribution in [0.5, 0.6) is 0 Å². The number of hydrogen-bond donors (Lipinski definition) is 0. The standard InChI is InChI=1S/C32H33ClF2/c1-2-3-4-5-6-24-8-13-26(31(34)22-24)14-9-25-12-20-30-28(21-25)17-16-27(32(30)35)15-7-23-10-18-29(33)19-11-23/h8,10-13,16-22H,2-7,9,14-15H2,1H3. The molecule has 0 aromatic heterocycles. The number of halogens is 3. The van der Waals surface area contributed by atoms with Crippen LogP contribution in [0.3, 0.4) is 0 Å². The van der Waals surface area contributed by atoms with Crippen molar-refractivity contribution < 1.29 is 8.78 Å². The van der Waals surface area contributed by atoms with Gasteiger partial charge in [0.1, 0.15) is 11.6 Å². The molecule has 35 heavy (non-hydrogen) atoms. The van der Waals surface area contributed by atoms with Gasteiger partial charge in [0.05, 0.1) is 0 Å². The summed E-state index contributed by atoms with van der Waals surface area (Å²) in [6.07, 6.45) is 8.46. The van der Waals surface area contributed by atoms with Gasteiger partial charge < -0.3 is 0 Å². The number of aryl methyl sites for hydroxylation is 5. The van der Waals surface area contributed by atoms with Crippen LogP contribution in [0.1, 0.15) is 60.4 Å². The smallest absolute Gasteiger partial charge is 0.134 e. The molecule has 0 radical (unpaired) electrons. The van der Waals surface area contributed by atoms with Crippen LogP contribution in [0.25, 0.3) is 10.8 Å². The minimum absolute atomic E-state index is 0.116. The Morgan fingerprint density at radius 3 is 2.03 bits per heavy atom. The van der Waals surface area contributed by atoms with Crippen molar-refractivity contribution in [3.8, 4) is 0 Å². The zero-order valence-electron chi connectivity index (χ0n) is 20.4. The Hall–Kier alpha value is -2.71. The minimum atomic E-state index is -0.149. The Labute approximate surface area is 213 Å². The summed E-state index contributed by atoms with van der Waals surface area (Å²) in [4.78, 5) is 0. The Balaban J connectivity index is 1.38. The first kappa shape index (κ1) is 25.4. The lowest BCUT2D eigenvalue weighted by Crippen LogP contribution is -1.98. The molecule has 4 aromatic carbocycles. The van der Waals surface area contributed by atoms with Crippen LogP contribution in [0, 0.1) is 11.6 Å². The number of fused-ring (bicyclic) bond motifs is 1. The summed E-state index contributed by atoms with van der Waals surface area (Å²) in [6.45, 7) is 2.20. The van der Waals surface area contributed by atoms with Gasteiger partial charge in [-0.3, -0.25) is 0 Å². The molecular formula is C32H33ClF2. The zero-order chi connectivity index (χ0) is 24.6. The summed E-state index contributed by atoms with van der Waals surface area (Å²) >= 11 is 5.95. The molecule has 0 amide bonds. The summed E-state index contributed by atoms with van der Waals surface area (Å²) in [7, 11) is 0. The minimum Gasteiger partial charge on any atom is -0.207 e. The van der Waals surface area contributed by atoms with E-state index in [1.165, 1.54) is 19.3 Å². The second-order valence-corrected chi connectivity index (χ2v) is 9.89. The lowest BCUT2D eigenvalue weighted by atomic mass is 9.96. The molecule has 182 valence electrons. The second kappa shape index (κ2) is 12.3. The van der Waals surface area contributed by atoms with Crippen LogP contribution in [-0.2, 0) is 32.1 Å². The van der Waals surface area contributed by atoms with E-state index in [-0.39, 0.29) is 11.6 Å². The summed E-state index contributed by atoms with van der Waals surface area (Å²) in [5, 5.41) is 2.23. The monoisotopic (exact) mass is 490 g/mol. The van der Waals surface area contributed by atoms with E-state index < -0.39 is 0 Å². The molecule has 0 fully saturated rings. The summed E-state index contributed by atoms with van der Waals surface area (Å²) in [6, 6.07) is 23.1. The topological polar surface area (TPSA) is 0 Å². The molecule has 0 bridgehead atoms. The van der Waals surface area contributed by atoms with E-state index >= 15 is 4.39 Å². The third kappa shape index (κ3) is 6.92. The van der Waals surface area contributed by atoms with E-state index in [4.69, 9.17) is 11.6 Å². The molecule has 0 N–H and O–H groups in total. The third-order valence-corrected chi connectivity index (χ3v) is 7.07. The molecule has 0 unspecified atom stereocenters. The third-order valence-electron chi connectivity index (χ3n) is 6.81. The molecule has 0 heterocycles. The SMILES string of the molecule is CCCCCCc1ccc(CCc2ccc3c(F)c(CCc4ccc(Cl)cc4)ccc3c2)c(F)c1. The van der Waals surface area contributed by atoms with Crippen molar-refractivity contribution >= 4 is 22.4 Å². The average molecular weight is 491 g/mol. The van der Waals surface area contributed by atoms with Crippen molar-refractivity contribution in [2.45, 2.75) is 64.7 Å². The maximum Gasteiger partial charge on any atom is 0.134 e. The van der Waals surface area contributed by atoms with Gasteiger partial charge in [-0.2, -0.15) is 0 Å². The number of hydrogen-bond acceptors (Lipinski definition) is 0.